The minimum atomic E-state index is -1.69. The zero-order valence-electron chi connectivity index (χ0n) is 16.8. The number of rotatable bonds is 3. The first-order valence-electron chi connectivity index (χ1n) is 8.65. The van der Waals surface area contributed by atoms with Crippen molar-refractivity contribution < 1.29 is 29.4 Å². The molecular formula is C19H25N3O6. The van der Waals surface area contributed by atoms with Crippen LogP contribution >= 0.6 is 0 Å². The van der Waals surface area contributed by atoms with Crippen LogP contribution < -0.4 is 4.90 Å². The fourth-order valence-electron chi connectivity index (χ4n) is 3.02. The van der Waals surface area contributed by atoms with Gasteiger partial charge in [0, 0.05) is 12.3 Å². The van der Waals surface area contributed by atoms with Crippen molar-refractivity contribution in [3.63, 3.8) is 0 Å². The molecule has 2 aromatic rings. The third kappa shape index (κ3) is 3.99. The second-order valence-electron chi connectivity index (χ2n) is 8.49. The molecule has 0 spiro atoms. The number of aliphatic hydroxyl groups is 1. The van der Waals surface area contributed by atoms with Crippen LogP contribution in [0.4, 0.5) is 15.4 Å². The van der Waals surface area contributed by atoms with Crippen molar-refractivity contribution in [1.82, 2.24) is 10.1 Å². The Bertz CT molecular complexity index is 891. The molecule has 9 nitrogen and oxygen atoms in total. The number of aromatic nitrogens is 2. The first-order valence-corrected chi connectivity index (χ1v) is 8.65. The van der Waals surface area contributed by atoms with Gasteiger partial charge in [-0.25, -0.2) is 14.6 Å². The van der Waals surface area contributed by atoms with Crippen molar-refractivity contribution >= 4 is 18.0 Å². The molecule has 9 heteroatoms. The molecule has 2 rings (SSSR count). The largest absolute Gasteiger partial charge is 0.464 e. The first kappa shape index (κ1) is 21.4. The summed E-state index contributed by atoms with van der Waals surface area (Å²) in [6, 6.07) is 1.45. The predicted molar refractivity (Wildman–Crippen MR) is 102 cm³/mol. The van der Waals surface area contributed by atoms with Crippen LogP contribution in [0.15, 0.2) is 16.8 Å². The summed E-state index contributed by atoms with van der Waals surface area (Å²) >= 11 is 0. The van der Waals surface area contributed by atoms with Crippen LogP contribution in [0.3, 0.4) is 0 Å². The van der Waals surface area contributed by atoms with Gasteiger partial charge >= 0.3 is 12.2 Å². The Balaban J connectivity index is 3.02. The van der Waals surface area contributed by atoms with Crippen molar-refractivity contribution in [1.29, 1.82) is 0 Å². The van der Waals surface area contributed by atoms with E-state index in [0.717, 1.165) is 5.56 Å². The molecule has 0 saturated heterocycles. The van der Waals surface area contributed by atoms with Crippen molar-refractivity contribution in [2.75, 3.05) is 4.90 Å². The lowest BCUT2D eigenvalue weighted by molar-refractivity contribution is 0.184. The lowest BCUT2D eigenvalue weighted by Gasteiger charge is -2.33. The van der Waals surface area contributed by atoms with Gasteiger partial charge in [0.05, 0.1) is 12.2 Å². The number of amides is 2. The van der Waals surface area contributed by atoms with E-state index < -0.39 is 17.6 Å². The first-order chi connectivity index (χ1) is 12.8. The monoisotopic (exact) mass is 391 g/mol. The highest BCUT2D eigenvalue weighted by Gasteiger charge is 2.36. The molecule has 0 unspecified atom stereocenters. The van der Waals surface area contributed by atoms with Gasteiger partial charge in [0.15, 0.2) is 11.6 Å². The van der Waals surface area contributed by atoms with Gasteiger partial charge in [-0.3, -0.25) is 0 Å². The van der Waals surface area contributed by atoms with Gasteiger partial charge in [0.25, 0.3) is 0 Å². The number of carbonyl (C=O) groups is 2. The van der Waals surface area contributed by atoms with Gasteiger partial charge in [0.1, 0.15) is 5.69 Å². The maximum atomic E-state index is 11.6. The lowest BCUT2D eigenvalue weighted by atomic mass is 9.73. The number of anilines is 1. The van der Waals surface area contributed by atoms with E-state index in [1.165, 1.54) is 12.3 Å². The Hall–Kier alpha value is -2.94. The average Bonchev–Trinajstić information content (AvgIpc) is 3.00. The minimum absolute atomic E-state index is 0.134. The van der Waals surface area contributed by atoms with Crippen LogP contribution in [-0.2, 0) is 17.4 Å². The number of hydrogen-bond acceptors (Lipinski definition) is 6. The molecule has 0 saturated carbocycles. The molecule has 0 aliphatic rings. The maximum Gasteiger partial charge on any atom is 0.422 e. The van der Waals surface area contributed by atoms with Crippen molar-refractivity contribution in [3.05, 3.63) is 29.1 Å². The van der Waals surface area contributed by atoms with Crippen LogP contribution in [0.25, 0.3) is 11.3 Å². The van der Waals surface area contributed by atoms with E-state index in [1.807, 2.05) is 41.5 Å². The van der Waals surface area contributed by atoms with Crippen LogP contribution in [0.2, 0.25) is 0 Å². The Labute approximate surface area is 162 Å². The zero-order chi connectivity index (χ0) is 21.4. The Morgan fingerprint density at radius 3 is 2.04 bits per heavy atom. The third-order valence-electron chi connectivity index (χ3n) is 4.18. The molecule has 0 fully saturated rings. The topological polar surface area (TPSA) is 137 Å². The molecule has 152 valence electrons. The SMILES string of the molecule is CC(C)(C)c1cnc(N(C(=O)O)C(=O)O)c(-c2cc(CO)no2)c1C(C)(C)C. The predicted octanol–water partition coefficient (Wildman–Crippen LogP) is 3.99. The van der Waals surface area contributed by atoms with Gasteiger partial charge in [-0.15, -0.1) is 0 Å². The Morgan fingerprint density at radius 1 is 1.07 bits per heavy atom. The number of imide groups is 1. The standard InChI is InChI=1S/C19H25N3O6/c1-18(2,3)11-8-20-15(22(16(24)25)17(26)27)13(14(11)19(4,5)6)12-7-10(9-23)21-28-12/h7-8,23H,9H2,1-6H3,(H,24,25)(H,26,27). The summed E-state index contributed by atoms with van der Waals surface area (Å²) in [4.78, 5) is 27.6. The second-order valence-corrected chi connectivity index (χ2v) is 8.49. The molecule has 0 aliphatic carbocycles. The summed E-state index contributed by atoms with van der Waals surface area (Å²) in [7, 11) is 0. The van der Waals surface area contributed by atoms with Crippen molar-refractivity contribution in [2.24, 2.45) is 0 Å². The molecule has 2 aromatic heterocycles. The minimum Gasteiger partial charge on any atom is -0.464 e. The van der Waals surface area contributed by atoms with Gasteiger partial charge in [-0.2, -0.15) is 4.90 Å². The number of aliphatic hydroxyl groups excluding tert-OH is 1. The molecule has 0 aliphatic heterocycles. The summed E-state index contributed by atoms with van der Waals surface area (Å²) in [5, 5.41) is 32.0. The third-order valence-corrected chi connectivity index (χ3v) is 4.18. The van der Waals surface area contributed by atoms with E-state index in [0.29, 0.717) is 5.56 Å². The van der Waals surface area contributed by atoms with Crippen molar-refractivity contribution in [2.45, 2.75) is 59.0 Å². The van der Waals surface area contributed by atoms with Crippen LogP contribution in [0.5, 0.6) is 0 Å². The summed E-state index contributed by atoms with van der Waals surface area (Å²) < 4.78 is 5.33. The highest BCUT2D eigenvalue weighted by molar-refractivity contribution is 6.09. The van der Waals surface area contributed by atoms with Gasteiger partial charge in [-0.1, -0.05) is 46.7 Å². The lowest BCUT2D eigenvalue weighted by Crippen LogP contribution is -2.36. The van der Waals surface area contributed by atoms with Gasteiger partial charge in [0.2, 0.25) is 0 Å². The summed E-state index contributed by atoms with van der Waals surface area (Å²) in [5.41, 5.74) is 1.09. The van der Waals surface area contributed by atoms with E-state index in [4.69, 9.17) is 4.52 Å². The normalized spacial score (nSPS) is 12.1. The van der Waals surface area contributed by atoms with Crippen molar-refractivity contribution in [3.8, 4) is 11.3 Å². The maximum absolute atomic E-state index is 11.6. The molecule has 2 heterocycles. The summed E-state index contributed by atoms with van der Waals surface area (Å²) in [6.07, 6.45) is -1.88. The molecule has 0 radical (unpaired) electrons. The highest BCUT2D eigenvalue weighted by Crippen LogP contribution is 2.44. The van der Waals surface area contributed by atoms with E-state index in [9.17, 15) is 24.9 Å². The summed E-state index contributed by atoms with van der Waals surface area (Å²) in [5.74, 6) is -0.159. The average molecular weight is 391 g/mol. The molecule has 3 N–H and O–H groups in total. The number of pyridine rings is 1. The second kappa shape index (κ2) is 7.23. The van der Waals surface area contributed by atoms with Crippen LogP contribution in [-0.4, -0.2) is 37.6 Å². The van der Waals surface area contributed by atoms with Gasteiger partial charge < -0.3 is 19.8 Å². The van der Waals surface area contributed by atoms with Crippen LogP contribution in [0, 0.1) is 0 Å². The molecule has 28 heavy (non-hydrogen) atoms. The smallest absolute Gasteiger partial charge is 0.422 e. The fourth-order valence-corrected chi connectivity index (χ4v) is 3.02. The quantitative estimate of drug-likeness (QED) is 0.714. The van der Waals surface area contributed by atoms with E-state index in [2.05, 4.69) is 10.1 Å². The summed E-state index contributed by atoms with van der Waals surface area (Å²) in [6.45, 7) is 11.4. The fraction of sp³-hybridized carbons (Fsp3) is 0.474. The van der Waals surface area contributed by atoms with E-state index in [1.54, 1.807) is 0 Å². The molecule has 2 amide bonds. The number of carboxylic acid groups (broad SMARTS) is 2. The molecule has 0 aromatic carbocycles. The van der Waals surface area contributed by atoms with E-state index >= 15 is 0 Å². The zero-order valence-corrected chi connectivity index (χ0v) is 16.8. The molecular weight excluding hydrogens is 366 g/mol. The molecule has 0 bridgehead atoms. The number of hydrogen-bond donors (Lipinski definition) is 3. The Morgan fingerprint density at radius 2 is 1.64 bits per heavy atom. The Kier molecular flexibility index (Phi) is 5.52. The molecule has 0 atom stereocenters. The van der Waals surface area contributed by atoms with Gasteiger partial charge in [-0.05, 0) is 22.0 Å². The van der Waals surface area contributed by atoms with Crippen LogP contribution in [0.1, 0.15) is 58.4 Å². The van der Waals surface area contributed by atoms with E-state index in [-0.39, 0.29) is 39.8 Å². The number of nitrogens with zero attached hydrogens (tertiary/aromatic N) is 3. The highest BCUT2D eigenvalue weighted by atomic mass is 16.5.